The number of nitrogens with two attached hydrogens (primary N) is 1. The molecule has 3 unspecified atom stereocenters. The third-order valence-corrected chi connectivity index (χ3v) is 6.20. The second kappa shape index (κ2) is 7.27. The van der Waals surface area contributed by atoms with Gasteiger partial charge in [-0.2, -0.15) is 0 Å². The van der Waals surface area contributed by atoms with Crippen LogP contribution in [0.3, 0.4) is 0 Å². The van der Waals surface area contributed by atoms with E-state index in [2.05, 4.69) is 0 Å². The Balaban J connectivity index is 1.75. The lowest BCUT2D eigenvalue weighted by Gasteiger charge is -2.33. The summed E-state index contributed by atoms with van der Waals surface area (Å²) in [5.41, 5.74) is 5.27. The Morgan fingerprint density at radius 2 is 1.92 bits per heavy atom. The molecule has 0 aromatic rings. The number of rotatable bonds is 5. The summed E-state index contributed by atoms with van der Waals surface area (Å²) < 4.78 is 5.61. The van der Waals surface area contributed by atoms with Crippen LogP contribution >= 0.6 is 0 Å². The molecule has 2 amide bonds. The predicted molar refractivity (Wildman–Crippen MR) is 96.3 cm³/mol. The number of nitrogens with zero attached hydrogens (tertiary/aromatic N) is 2. The van der Waals surface area contributed by atoms with Gasteiger partial charge in [0.15, 0.2) is 5.78 Å². The van der Waals surface area contributed by atoms with E-state index in [9.17, 15) is 14.4 Å². The molecule has 3 rings (SSSR count). The smallest absolute Gasteiger partial charge is 0.255 e. The van der Waals surface area contributed by atoms with Crippen LogP contribution in [-0.2, 0) is 19.1 Å². The van der Waals surface area contributed by atoms with E-state index in [1.165, 1.54) is 0 Å². The van der Waals surface area contributed by atoms with E-state index in [1.54, 1.807) is 16.9 Å². The van der Waals surface area contributed by atoms with E-state index in [4.69, 9.17) is 10.5 Å². The number of ketones is 1. The number of likely N-dealkylation sites (tertiary alicyclic amines) is 2. The lowest BCUT2D eigenvalue weighted by molar-refractivity contribution is -0.155. The van der Waals surface area contributed by atoms with Gasteiger partial charge in [-0.3, -0.25) is 14.4 Å². The van der Waals surface area contributed by atoms with Gasteiger partial charge in [0.2, 0.25) is 5.91 Å². The number of carbonyl (C=O) groups is 3. The highest BCUT2D eigenvalue weighted by atomic mass is 16.5. The summed E-state index contributed by atoms with van der Waals surface area (Å²) in [5, 5.41) is 0. The van der Waals surface area contributed by atoms with Gasteiger partial charge in [0.25, 0.3) is 5.91 Å². The molecule has 2 saturated heterocycles. The zero-order valence-electron chi connectivity index (χ0n) is 16.1. The summed E-state index contributed by atoms with van der Waals surface area (Å²) in [6.45, 7) is 4.59. The van der Waals surface area contributed by atoms with E-state index in [0.29, 0.717) is 38.1 Å². The van der Waals surface area contributed by atoms with Gasteiger partial charge in [0, 0.05) is 13.7 Å². The molecule has 3 aliphatic rings. The molecule has 2 N–H and O–H groups in total. The summed E-state index contributed by atoms with van der Waals surface area (Å²) in [6, 6.07) is -1.37. The van der Waals surface area contributed by atoms with Crippen LogP contribution < -0.4 is 5.73 Å². The van der Waals surface area contributed by atoms with Crippen LogP contribution in [0.25, 0.3) is 0 Å². The first-order valence-electron chi connectivity index (χ1n) is 9.75. The van der Waals surface area contributed by atoms with Gasteiger partial charge in [-0.25, -0.2) is 0 Å². The lowest BCUT2D eigenvalue weighted by atomic mass is 9.99. The first-order chi connectivity index (χ1) is 12.3. The maximum atomic E-state index is 13.2. The molecule has 0 radical (unpaired) electrons. The molecule has 1 saturated carbocycles. The molecule has 146 valence electrons. The van der Waals surface area contributed by atoms with Gasteiger partial charge in [0.05, 0.1) is 18.6 Å². The second-order valence-electron chi connectivity index (χ2n) is 8.37. The maximum Gasteiger partial charge on any atom is 0.255 e. The number of methoxy groups -OCH3 is 1. The van der Waals surface area contributed by atoms with Gasteiger partial charge >= 0.3 is 0 Å². The summed E-state index contributed by atoms with van der Waals surface area (Å²) in [7, 11) is 1.58. The predicted octanol–water partition coefficient (Wildman–Crippen LogP) is 0.700. The minimum atomic E-state index is -0.791. The molecule has 2 aliphatic heterocycles. The quantitative estimate of drug-likeness (QED) is 0.774. The average molecular weight is 365 g/mol. The number of ether oxygens (including phenoxy) is 1. The van der Waals surface area contributed by atoms with Crippen LogP contribution in [0, 0.1) is 5.92 Å². The fourth-order valence-corrected chi connectivity index (χ4v) is 4.87. The van der Waals surface area contributed by atoms with Crippen molar-refractivity contribution in [2.45, 2.75) is 76.1 Å². The Bertz CT molecular complexity index is 585. The monoisotopic (exact) mass is 365 g/mol. The molecular weight excluding hydrogens is 334 g/mol. The number of hydrogen-bond acceptors (Lipinski definition) is 5. The van der Waals surface area contributed by atoms with Crippen molar-refractivity contribution in [1.29, 1.82) is 0 Å². The number of amides is 2. The fourth-order valence-electron chi connectivity index (χ4n) is 4.87. The van der Waals surface area contributed by atoms with Crippen LogP contribution in [-0.4, -0.2) is 71.3 Å². The topological polar surface area (TPSA) is 92.9 Å². The zero-order chi connectivity index (χ0) is 19.1. The van der Waals surface area contributed by atoms with Crippen LogP contribution in [0.15, 0.2) is 0 Å². The minimum absolute atomic E-state index is 0.0600. The van der Waals surface area contributed by atoms with E-state index in [0.717, 1.165) is 12.8 Å². The summed E-state index contributed by atoms with van der Waals surface area (Å²) in [4.78, 5) is 41.9. The van der Waals surface area contributed by atoms with Crippen molar-refractivity contribution < 1.29 is 19.1 Å². The molecule has 3 atom stereocenters. The van der Waals surface area contributed by atoms with E-state index in [1.807, 2.05) is 13.8 Å². The third-order valence-electron chi connectivity index (χ3n) is 6.20. The van der Waals surface area contributed by atoms with Gasteiger partial charge in [-0.15, -0.1) is 0 Å². The normalized spacial score (nSPS) is 28.7. The number of Topliss-reactive ketones (excluding diaryl/α,β-unsaturated/α-hetero) is 1. The first kappa shape index (κ1) is 19.3. The lowest BCUT2D eigenvalue weighted by Crippen LogP contribution is -2.52. The molecule has 0 aromatic heterocycles. The molecule has 2 heterocycles. The zero-order valence-corrected chi connectivity index (χ0v) is 16.1. The Hall–Kier alpha value is -1.47. The van der Waals surface area contributed by atoms with Crippen molar-refractivity contribution in [2.24, 2.45) is 11.7 Å². The van der Waals surface area contributed by atoms with Gasteiger partial charge in [0.1, 0.15) is 11.6 Å². The summed E-state index contributed by atoms with van der Waals surface area (Å²) in [5.74, 6) is -0.000807. The van der Waals surface area contributed by atoms with Gasteiger partial charge < -0.3 is 20.3 Å². The highest BCUT2D eigenvalue weighted by molar-refractivity contribution is 5.99. The van der Waals surface area contributed by atoms with Crippen molar-refractivity contribution in [2.75, 3.05) is 20.2 Å². The van der Waals surface area contributed by atoms with Gasteiger partial charge in [-0.05, 0) is 44.4 Å². The number of carbonyl (C=O) groups excluding carboxylic acids is 3. The molecular formula is C19H31N3O4. The highest BCUT2D eigenvalue weighted by Crippen LogP contribution is 2.38. The van der Waals surface area contributed by atoms with E-state index < -0.39 is 17.7 Å². The standard InChI is InChI=1S/C19H31N3O4/c1-12(2)10-13(20)17(24)21-9-6-14-16(21)15(23)11-22(14)18(25)19(26-3)7-4-5-8-19/h12-14,16H,4-11,20H2,1-3H3. The minimum Gasteiger partial charge on any atom is -0.368 e. The number of fused-ring (bicyclic) bond motifs is 1. The maximum absolute atomic E-state index is 13.2. The molecule has 1 aliphatic carbocycles. The van der Waals surface area contributed by atoms with Crippen molar-refractivity contribution in [1.82, 2.24) is 9.80 Å². The van der Waals surface area contributed by atoms with Crippen molar-refractivity contribution in [3.8, 4) is 0 Å². The SMILES string of the molecule is COC1(C(=O)N2CC(=O)C3C2CCN3C(=O)C(N)CC(C)C)CCCC1. The van der Waals surface area contributed by atoms with Crippen molar-refractivity contribution in [3.63, 3.8) is 0 Å². The molecule has 3 fully saturated rings. The molecule has 7 heteroatoms. The molecule has 0 spiro atoms. The third kappa shape index (κ3) is 3.16. The summed E-state index contributed by atoms with van der Waals surface area (Å²) in [6.07, 6.45) is 4.55. The van der Waals surface area contributed by atoms with Crippen LogP contribution in [0.4, 0.5) is 0 Å². The van der Waals surface area contributed by atoms with Crippen LogP contribution in [0.1, 0.15) is 52.4 Å². The van der Waals surface area contributed by atoms with Crippen LogP contribution in [0.2, 0.25) is 0 Å². The van der Waals surface area contributed by atoms with Crippen molar-refractivity contribution in [3.05, 3.63) is 0 Å². The van der Waals surface area contributed by atoms with Crippen molar-refractivity contribution >= 4 is 17.6 Å². The highest BCUT2D eigenvalue weighted by Gasteiger charge is 2.55. The van der Waals surface area contributed by atoms with E-state index in [-0.39, 0.29) is 30.2 Å². The Labute approximate surface area is 155 Å². The number of hydrogen-bond donors (Lipinski definition) is 1. The molecule has 0 bridgehead atoms. The Kier molecular flexibility index (Phi) is 5.40. The first-order valence-corrected chi connectivity index (χ1v) is 9.75. The Morgan fingerprint density at radius 3 is 2.50 bits per heavy atom. The van der Waals surface area contributed by atoms with Crippen LogP contribution in [0.5, 0.6) is 0 Å². The second-order valence-corrected chi connectivity index (χ2v) is 8.37. The average Bonchev–Trinajstić information content (AvgIpc) is 3.30. The summed E-state index contributed by atoms with van der Waals surface area (Å²) >= 11 is 0. The molecule has 26 heavy (non-hydrogen) atoms. The Morgan fingerprint density at radius 1 is 1.27 bits per heavy atom. The largest absolute Gasteiger partial charge is 0.368 e. The molecule has 7 nitrogen and oxygen atoms in total. The van der Waals surface area contributed by atoms with Gasteiger partial charge in [-0.1, -0.05) is 13.8 Å². The van der Waals surface area contributed by atoms with E-state index >= 15 is 0 Å². The molecule has 0 aromatic carbocycles. The fraction of sp³-hybridized carbons (Fsp3) is 0.842.